The summed E-state index contributed by atoms with van der Waals surface area (Å²) in [5, 5.41) is 0.900. The summed E-state index contributed by atoms with van der Waals surface area (Å²) in [5.41, 5.74) is 1.63. The molecule has 2 aromatic heterocycles. The third-order valence-electron chi connectivity index (χ3n) is 4.46. The van der Waals surface area contributed by atoms with Crippen LogP contribution >= 0.6 is 0 Å². The van der Waals surface area contributed by atoms with Crippen molar-refractivity contribution in [3.05, 3.63) is 17.6 Å². The number of rotatable bonds is 0. The third-order valence-corrected chi connectivity index (χ3v) is 4.46. The largest absolute Gasteiger partial charge is 0.474 e. The molecule has 2 aliphatic heterocycles. The van der Waals surface area contributed by atoms with Crippen LogP contribution in [0.1, 0.15) is 45.6 Å². The Balaban J connectivity index is 0.000000528. The smallest absolute Gasteiger partial charge is 0.227 e. The molecule has 1 spiro atoms. The van der Waals surface area contributed by atoms with Crippen molar-refractivity contribution in [1.82, 2.24) is 15.0 Å². The summed E-state index contributed by atoms with van der Waals surface area (Å²) in [6.07, 6.45) is 0.932. The van der Waals surface area contributed by atoms with Gasteiger partial charge in [-0.3, -0.25) is 0 Å². The van der Waals surface area contributed by atoms with E-state index in [9.17, 15) is 0 Å². The van der Waals surface area contributed by atoms with Crippen LogP contribution in [0, 0.1) is 13.8 Å². The molecule has 0 N–H and O–H groups in total. The van der Waals surface area contributed by atoms with Gasteiger partial charge in [-0.25, -0.2) is 15.0 Å². The summed E-state index contributed by atoms with van der Waals surface area (Å²) in [4.78, 5) is 15.9. The van der Waals surface area contributed by atoms with Gasteiger partial charge in [-0.05, 0) is 26.3 Å². The van der Waals surface area contributed by atoms with Crippen LogP contribution in [0.2, 0.25) is 0 Å². The van der Waals surface area contributed by atoms with E-state index in [-0.39, 0.29) is 5.54 Å². The molecule has 138 valence electrons. The Bertz CT molecular complexity index is 722. The van der Waals surface area contributed by atoms with Gasteiger partial charge in [-0.1, -0.05) is 27.7 Å². The number of hydrogen-bond donors (Lipinski definition) is 0. The number of hydrogen-bond acceptors (Lipinski definition) is 6. The fourth-order valence-corrected chi connectivity index (χ4v) is 3.18. The lowest BCUT2D eigenvalue weighted by Crippen LogP contribution is -2.51. The normalized spacial score (nSPS) is 21.0. The first-order chi connectivity index (χ1) is 12.1. The van der Waals surface area contributed by atoms with Gasteiger partial charge in [0, 0.05) is 19.3 Å². The van der Waals surface area contributed by atoms with Gasteiger partial charge >= 0.3 is 0 Å². The molecule has 4 rings (SSSR count). The quantitative estimate of drug-likeness (QED) is 0.725. The molecular formula is C19H30N4O2. The van der Waals surface area contributed by atoms with Crippen LogP contribution in [0.25, 0.3) is 10.9 Å². The molecule has 2 aromatic rings. The number of aryl methyl sites for hydroxylation is 2. The number of aromatic nitrogens is 3. The molecule has 25 heavy (non-hydrogen) atoms. The van der Waals surface area contributed by atoms with E-state index in [1.165, 1.54) is 0 Å². The van der Waals surface area contributed by atoms with E-state index in [1.54, 1.807) is 0 Å². The number of likely N-dealkylation sites (N-methyl/N-ethyl adjacent to an activating group) is 1. The van der Waals surface area contributed by atoms with Gasteiger partial charge in [-0.2, -0.15) is 0 Å². The van der Waals surface area contributed by atoms with Crippen LogP contribution in [0.5, 0.6) is 5.88 Å². The SMILES string of the molecule is CC.CC.Cc1cc2nc(C)nc3c2c(n1)OCC1(CCOC1)N3C. The van der Waals surface area contributed by atoms with Crippen molar-refractivity contribution in [2.45, 2.75) is 53.5 Å². The minimum absolute atomic E-state index is 0.164. The van der Waals surface area contributed by atoms with Crippen molar-refractivity contribution >= 4 is 16.7 Å². The summed E-state index contributed by atoms with van der Waals surface area (Å²) in [7, 11) is 2.06. The summed E-state index contributed by atoms with van der Waals surface area (Å²) in [6.45, 7) is 13.8. The molecule has 6 nitrogen and oxygen atoms in total. The van der Waals surface area contributed by atoms with E-state index < -0.39 is 0 Å². The van der Waals surface area contributed by atoms with Crippen molar-refractivity contribution in [3.8, 4) is 5.88 Å². The molecule has 1 saturated heterocycles. The highest BCUT2D eigenvalue weighted by molar-refractivity contribution is 5.94. The van der Waals surface area contributed by atoms with E-state index in [2.05, 4.69) is 26.9 Å². The molecule has 6 heteroatoms. The summed E-state index contributed by atoms with van der Waals surface area (Å²) in [6, 6.07) is 1.98. The Morgan fingerprint density at radius 3 is 2.40 bits per heavy atom. The molecule has 1 atom stereocenters. The van der Waals surface area contributed by atoms with Gasteiger partial charge in [0.05, 0.1) is 12.1 Å². The highest BCUT2D eigenvalue weighted by Crippen LogP contribution is 2.40. The van der Waals surface area contributed by atoms with Gasteiger partial charge < -0.3 is 14.4 Å². The highest BCUT2D eigenvalue weighted by Gasteiger charge is 2.43. The second-order valence-electron chi connectivity index (χ2n) is 5.93. The topological polar surface area (TPSA) is 60.4 Å². The molecular weight excluding hydrogens is 316 g/mol. The standard InChI is InChI=1S/C15H18N4O2.2C2H6/c1-9-6-11-12-13(18-10(2)17-11)19(3)15(4-5-20-7-15)8-21-14(12)16-9;2*1-2/h6H,4-5,7-8H2,1-3H3;2*1-2H3. The number of anilines is 1. The molecule has 0 radical (unpaired) electrons. The van der Waals surface area contributed by atoms with Crippen LogP contribution in [0.3, 0.4) is 0 Å². The maximum absolute atomic E-state index is 6.04. The average molecular weight is 346 g/mol. The van der Waals surface area contributed by atoms with Gasteiger partial charge in [-0.15, -0.1) is 0 Å². The van der Waals surface area contributed by atoms with Gasteiger partial charge in [0.25, 0.3) is 0 Å². The molecule has 0 saturated carbocycles. The van der Waals surface area contributed by atoms with Crippen molar-refractivity contribution < 1.29 is 9.47 Å². The van der Waals surface area contributed by atoms with Gasteiger partial charge in [0.2, 0.25) is 5.88 Å². The number of ether oxygens (including phenoxy) is 2. The third kappa shape index (κ3) is 3.40. The molecule has 1 unspecified atom stereocenters. The van der Waals surface area contributed by atoms with E-state index >= 15 is 0 Å². The van der Waals surface area contributed by atoms with Gasteiger partial charge in [0.1, 0.15) is 29.2 Å². The van der Waals surface area contributed by atoms with E-state index in [0.717, 1.165) is 41.3 Å². The Hall–Kier alpha value is -1.95. The van der Waals surface area contributed by atoms with Gasteiger partial charge in [0.15, 0.2) is 0 Å². The van der Waals surface area contributed by atoms with E-state index in [4.69, 9.17) is 9.47 Å². The lowest BCUT2D eigenvalue weighted by Gasteiger charge is -2.36. The van der Waals surface area contributed by atoms with Crippen LogP contribution in [0.15, 0.2) is 6.07 Å². The van der Waals surface area contributed by atoms with Crippen LogP contribution in [0.4, 0.5) is 5.82 Å². The lowest BCUT2D eigenvalue weighted by atomic mass is 9.98. The molecule has 4 heterocycles. The predicted octanol–water partition coefficient (Wildman–Crippen LogP) is 3.68. The van der Waals surface area contributed by atoms with Crippen molar-refractivity contribution in [3.63, 3.8) is 0 Å². The Morgan fingerprint density at radius 2 is 1.76 bits per heavy atom. The summed E-state index contributed by atoms with van der Waals surface area (Å²) < 4.78 is 11.7. The maximum atomic E-state index is 6.04. The highest BCUT2D eigenvalue weighted by atomic mass is 16.5. The van der Waals surface area contributed by atoms with Crippen LogP contribution in [-0.2, 0) is 4.74 Å². The fraction of sp³-hybridized carbons (Fsp3) is 0.632. The van der Waals surface area contributed by atoms with Crippen molar-refractivity contribution in [2.75, 3.05) is 31.8 Å². The first-order valence-corrected chi connectivity index (χ1v) is 9.19. The van der Waals surface area contributed by atoms with E-state index in [0.29, 0.717) is 19.1 Å². The second kappa shape index (κ2) is 7.95. The maximum Gasteiger partial charge on any atom is 0.227 e. The van der Waals surface area contributed by atoms with Crippen molar-refractivity contribution in [2.24, 2.45) is 0 Å². The zero-order valence-electron chi connectivity index (χ0n) is 16.5. The van der Waals surface area contributed by atoms with E-state index in [1.807, 2.05) is 47.6 Å². The Morgan fingerprint density at radius 1 is 1.04 bits per heavy atom. The Kier molecular flexibility index (Phi) is 6.16. The lowest BCUT2D eigenvalue weighted by molar-refractivity contribution is 0.149. The Labute approximate surface area is 150 Å². The predicted molar refractivity (Wildman–Crippen MR) is 102 cm³/mol. The summed E-state index contributed by atoms with van der Waals surface area (Å²) in [5.74, 6) is 2.29. The zero-order valence-corrected chi connectivity index (χ0v) is 16.5. The first-order valence-electron chi connectivity index (χ1n) is 9.19. The number of pyridine rings is 1. The molecule has 0 amide bonds. The van der Waals surface area contributed by atoms with Crippen LogP contribution < -0.4 is 9.64 Å². The molecule has 2 aliphatic rings. The van der Waals surface area contributed by atoms with Crippen molar-refractivity contribution in [1.29, 1.82) is 0 Å². The zero-order chi connectivity index (χ0) is 18.6. The fourth-order valence-electron chi connectivity index (χ4n) is 3.18. The minimum atomic E-state index is -0.164. The number of nitrogens with zero attached hydrogens (tertiary/aromatic N) is 4. The first kappa shape index (κ1) is 19.4. The van der Waals surface area contributed by atoms with Crippen LogP contribution in [-0.4, -0.2) is 47.4 Å². The minimum Gasteiger partial charge on any atom is -0.474 e. The monoisotopic (exact) mass is 346 g/mol. The molecule has 0 aromatic carbocycles. The summed E-state index contributed by atoms with van der Waals surface area (Å²) >= 11 is 0. The second-order valence-corrected chi connectivity index (χ2v) is 5.93. The molecule has 0 bridgehead atoms. The molecule has 0 aliphatic carbocycles. The molecule has 1 fully saturated rings. The average Bonchev–Trinajstić information content (AvgIpc) is 3.07.